The minimum absolute atomic E-state index is 0.300. The third-order valence-corrected chi connectivity index (χ3v) is 3.24. The van der Waals surface area contributed by atoms with Gasteiger partial charge in [-0.2, -0.15) is 0 Å². The fourth-order valence-corrected chi connectivity index (χ4v) is 2.23. The van der Waals surface area contributed by atoms with Crippen molar-refractivity contribution in [1.29, 1.82) is 0 Å². The number of aromatic nitrogens is 2. The molecule has 0 radical (unpaired) electrons. The first-order valence-corrected chi connectivity index (χ1v) is 6.06. The molecule has 0 spiro atoms. The summed E-state index contributed by atoms with van der Waals surface area (Å²) in [5.74, 6) is 2.09. The van der Waals surface area contributed by atoms with Gasteiger partial charge in [0.2, 0.25) is 0 Å². The summed E-state index contributed by atoms with van der Waals surface area (Å²) in [6.07, 6.45) is 5.88. The summed E-state index contributed by atoms with van der Waals surface area (Å²) in [4.78, 5) is 8.88. The van der Waals surface area contributed by atoms with Crippen LogP contribution in [0.15, 0.2) is 6.07 Å². The molecule has 1 aromatic heterocycles. The lowest BCUT2D eigenvalue weighted by Crippen LogP contribution is -2.13. The number of hydrogen-bond donors (Lipinski definition) is 1. The molecule has 1 aromatic rings. The van der Waals surface area contributed by atoms with Gasteiger partial charge in [0.05, 0.1) is 6.10 Å². The number of anilines is 1. The summed E-state index contributed by atoms with van der Waals surface area (Å²) in [6.45, 7) is 0.877. The summed E-state index contributed by atoms with van der Waals surface area (Å²) in [7, 11) is 0. The second-order valence-electron chi connectivity index (χ2n) is 4.75. The molecule has 1 atom stereocenters. The van der Waals surface area contributed by atoms with Crippen molar-refractivity contribution < 1.29 is 4.74 Å². The molecule has 2 aliphatic rings. The lowest BCUT2D eigenvalue weighted by molar-refractivity contribution is 0.110. The lowest BCUT2D eigenvalue weighted by atomic mass is 10.1. The van der Waals surface area contributed by atoms with Gasteiger partial charge < -0.3 is 10.5 Å². The van der Waals surface area contributed by atoms with Crippen LogP contribution in [0, 0.1) is 0 Å². The van der Waals surface area contributed by atoms with E-state index in [9.17, 15) is 0 Å². The van der Waals surface area contributed by atoms with Crippen LogP contribution in [0.3, 0.4) is 0 Å². The van der Waals surface area contributed by atoms with Crippen LogP contribution in [0.5, 0.6) is 0 Å². The molecule has 16 heavy (non-hydrogen) atoms. The largest absolute Gasteiger partial charge is 0.384 e. The average molecular weight is 219 g/mol. The molecule has 86 valence electrons. The molecular weight excluding hydrogens is 202 g/mol. The number of hydrogen-bond acceptors (Lipinski definition) is 4. The molecule has 4 heteroatoms. The van der Waals surface area contributed by atoms with E-state index in [-0.39, 0.29) is 0 Å². The van der Waals surface area contributed by atoms with Crippen molar-refractivity contribution in [3.63, 3.8) is 0 Å². The summed E-state index contributed by atoms with van der Waals surface area (Å²) in [5, 5.41) is 0. The van der Waals surface area contributed by atoms with Crippen LogP contribution in [0.25, 0.3) is 0 Å². The maximum Gasteiger partial charge on any atom is 0.133 e. The van der Waals surface area contributed by atoms with E-state index >= 15 is 0 Å². The highest BCUT2D eigenvalue weighted by Gasteiger charge is 2.26. The van der Waals surface area contributed by atoms with E-state index in [0.29, 0.717) is 17.8 Å². The highest BCUT2D eigenvalue weighted by Crippen LogP contribution is 2.39. The predicted molar refractivity (Wildman–Crippen MR) is 61.1 cm³/mol. The fraction of sp³-hybridized carbons (Fsp3) is 0.667. The van der Waals surface area contributed by atoms with Gasteiger partial charge in [0.15, 0.2) is 0 Å². The zero-order chi connectivity index (χ0) is 11.0. The molecule has 1 saturated heterocycles. The Morgan fingerprint density at radius 3 is 2.88 bits per heavy atom. The summed E-state index contributed by atoms with van der Waals surface area (Å²) < 4.78 is 5.59. The Balaban J connectivity index is 1.76. The van der Waals surface area contributed by atoms with Crippen molar-refractivity contribution in [2.75, 3.05) is 12.3 Å². The average Bonchev–Trinajstić information content (AvgIpc) is 2.98. The van der Waals surface area contributed by atoms with E-state index in [4.69, 9.17) is 10.5 Å². The van der Waals surface area contributed by atoms with Gasteiger partial charge in [0.1, 0.15) is 11.6 Å². The number of nitrogen functional groups attached to an aromatic ring is 1. The van der Waals surface area contributed by atoms with Crippen LogP contribution in [0.4, 0.5) is 5.82 Å². The smallest absolute Gasteiger partial charge is 0.133 e. The van der Waals surface area contributed by atoms with Gasteiger partial charge in [0, 0.05) is 30.7 Å². The molecule has 0 aromatic carbocycles. The van der Waals surface area contributed by atoms with Crippen LogP contribution in [0.1, 0.15) is 43.1 Å². The zero-order valence-corrected chi connectivity index (χ0v) is 9.35. The number of rotatable bonds is 3. The quantitative estimate of drug-likeness (QED) is 0.839. The van der Waals surface area contributed by atoms with Gasteiger partial charge in [-0.3, -0.25) is 0 Å². The molecule has 1 saturated carbocycles. The van der Waals surface area contributed by atoms with Gasteiger partial charge in [-0.15, -0.1) is 0 Å². The van der Waals surface area contributed by atoms with Crippen molar-refractivity contribution in [2.24, 2.45) is 0 Å². The second-order valence-corrected chi connectivity index (χ2v) is 4.75. The third kappa shape index (κ3) is 2.16. The van der Waals surface area contributed by atoms with E-state index < -0.39 is 0 Å². The first kappa shape index (κ1) is 10.0. The first-order chi connectivity index (χ1) is 7.81. The minimum Gasteiger partial charge on any atom is -0.384 e. The molecule has 3 rings (SSSR count). The molecule has 2 N–H and O–H groups in total. The van der Waals surface area contributed by atoms with Gasteiger partial charge in [0.25, 0.3) is 0 Å². The second kappa shape index (κ2) is 4.01. The van der Waals surface area contributed by atoms with E-state index in [0.717, 1.165) is 37.4 Å². The molecule has 2 heterocycles. The standard InChI is InChI=1S/C12H17N3O/c13-11-7-10(8-3-4-8)14-12(15-11)6-9-2-1-5-16-9/h7-9H,1-6H2,(H2,13,14,15). The Bertz CT molecular complexity index is 384. The Kier molecular flexibility index (Phi) is 2.52. The number of nitrogens with two attached hydrogens (primary N) is 1. The molecule has 0 amide bonds. The molecule has 2 fully saturated rings. The fourth-order valence-electron chi connectivity index (χ4n) is 2.23. The SMILES string of the molecule is Nc1cc(C2CC2)nc(CC2CCCO2)n1. The lowest BCUT2D eigenvalue weighted by Gasteiger charge is -2.09. The van der Waals surface area contributed by atoms with E-state index in [1.54, 1.807) is 0 Å². The van der Waals surface area contributed by atoms with Crippen LogP contribution < -0.4 is 5.73 Å². The Labute approximate surface area is 95.2 Å². The third-order valence-electron chi connectivity index (χ3n) is 3.24. The summed E-state index contributed by atoms with van der Waals surface area (Å²) >= 11 is 0. The monoisotopic (exact) mass is 219 g/mol. The topological polar surface area (TPSA) is 61.0 Å². The molecular formula is C12H17N3O. The van der Waals surface area contributed by atoms with E-state index in [2.05, 4.69) is 9.97 Å². The summed E-state index contributed by atoms with van der Waals surface area (Å²) in [6, 6.07) is 1.91. The van der Waals surface area contributed by atoms with E-state index in [1.165, 1.54) is 12.8 Å². The number of ether oxygens (including phenoxy) is 1. The van der Waals surface area contributed by atoms with Gasteiger partial charge in [-0.1, -0.05) is 0 Å². The molecule has 1 aliphatic heterocycles. The van der Waals surface area contributed by atoms with Crippen molar-refractivity contribution in [3.8, 4) is 0 Å². The zero-order valence-electron chi connectivity index (χ0n) is 9.35. The van der Waals surface area contributed by atoms with Gasteiger partial charge >= 0.3 is 0 Å². The summed E-state index contributed by atoms with van der Waals surface area (Å²) in [5.41, 5.74) is 6.93. The maximum absolute atomic E-state index is 5.81. The van der Waals surface area contributed by atoms with Gasteiger partial charge in [-0.25, -0.2) is 9.97 Å². The van der Waals surface area contributed by atoms with Crippen molar-refractivity contribution >= 4 is 5.82 Å². The Morgan fingerprint density at radius 1 is 1.31 bits per heavy atom. The first-order valence-electron chi connectivity index (χ1n) is 6.06. The maximum atomic E-state index is 5.81. The molecule has 4 nitrogen and oxygen atoms in total. The van der Waals surface area contributed by atoms with Gasteiger partial charge in [-0.05, 0) is 25.7 Å². The Hall–Kier alpha value is -1.16. The molecule has 1 aliphatic carbocycles. The van der Waals surface area contributed by atoms with Crippen LogP contribution in [0.2, 0.25) is 0 Å². The van der Waals surface area contributed by atoms with Crippen molar-refractivity contribution in [1.82, 2.24) is 9.97 Å². The number of nitrogens with zero attached hydrogens (tertiary/aromatic N) is 2. The Morgan fingerprint density at radius 2 is 2.19 bits per heavy atom. The normalized spacial score (nSPS) is 24.9. The molecule has 1 unspecified atom stereocenters. The predicted octanol–water partition coefficient (Wildman–Crippen LogP) is 1.66. The van der Waals surface area contributed by atoms with Crippen LogP contribution >= 0.6 is 0 Å². The van der Waals surface area contributed by atoms with Crippen molar-refractivity contribution in [3.05, 3.63) is 17.6 Å². The highest BCUT2D eigenvalue weighted by molar-refractivity contribution is 5.33. The minimum atomic E-state index is 0.300. The molecule has 0 bridgehead atoms. The van der Waals surface area contributed by atoms with E-state index in [1.807, 2.05) is 6.07 Å². The van der Waals surface area contributed by atoms with Crippen LogP contribution in [-0.2, 0) is 11.2 Å². The van der Waals surface area contributed by atoms with Crippen LogP contribution in [-0.4, -0.2) is 22.7 Å². The highest BCUT2D eigenvalue weighted by atomic mass is 16.5. The van der Waals surface area contributed by atoms with Crippen molar-refractivity contribution in [2.45, 2.75) is 44.1 Å².